The molecule has 0 saturated carbocycles. The van der Waals surface area contributed by atoms with E-state index in [9.17, 15) is 0 Å². The molecular weight excluding hydrogens is 306 g/mol. The molecule has 0 bridgehead atoms. The molecule has 0 spiro atoms. The summed E-state index contributed by atoms with van der Waals surface area (Å²) in [4.78, 5) is 2.42. The van der Waals surface area contributed by atoms with Crippen LogP contribution in [0.1, 0.15) is 63.5 Å². The van der Waals surface area contributed by atoms with Crippen molar-refractivity contribution in [3.8, 4) is 0 Å². The highest BCUT2D eigenvalue weighted by molar-refractivity contribution is 8.22. The predicted octanol–water partition coefficient (Wildman–Crippen LogP) is 6.07. The van der Waals surface area contributed by atoms with Gasteiger partial charge in [-0.15, -0.1) is 0 Å². The number of hydrogen-bond acceptors (Lipinski definition) is 2. The third kappa shape index (κ3) is 8.19. The van der Waals surface area contributed by atoms with Gasteiger partial charge in [-0.05, 0) is 30.9 Å². The van der Waals surface area contributed by atoms with E-state index in [0.717, 1.165) is 28.7 Å². The molecule has 3 heteroatoms. The maximum atomic E-state index is 5.68. The minimum Gasteiger partial charge on any atom is -0.358 e. The highest BCUT2D eigenvalue weighted by atomic mass is 32.2. The van der Waals surface area contributed by atoms with Gasteiger partial charge >= 0.3 is 0 Å². The molecule has 0 fully saturated rings. The molecule has 1 rings (SSSR count). The van der Waals surface area contributed by atoms with Crippen molar-refractivity contribution in [2.75, 3.05) is 13.1 Å². The maximum Gasteiger partial charge on any atom is 0.136 e. The lowest BCUT2D eigenvalue weighted by molar-refractivity contribution is 0.402. The Morgan fingerprint density at radius 3 is 2.05 bits per heavy atom. The standard InChI is InChI=1S/C19H30NS2/c1-4-6-8-14-20(15-9-7-5-2)19(21)22-16-18-12-10-17(3)11-13-18/h10-13H,3-9,14-16H2,1-2H3. The third-order valence-corrected chi connectivity index (χ3v) is 5.30. The maximum absolute atomic E-state index is 5.68. The predicted molar refractivity (Wildman–Crippen MR) is 105 cm³/mol. The molecule has 22 heavy (non-hydrogen) atoms. The summed E-state index contributed by atoms with van der Waals surface area (Å²) in [7, 11) is 0. The van der Waals surface area contributed by atoms with Crippen LogP contribution in [0.15, 0.2) is 24.3 Å². The topological polar surface area (TPSA) is 3.24 Å². The van der Waals surface area contributed by atoms with Crippen molar-refractivity contribution in [3.63, 3.8) is 0 Å². The molecule has 0 unspecified atom stereocenters. The second-order valence-corrected chi connectivity index (χ2v) is 7.38. The summed E-state index contributed by atoms with van der Waals surface area (Å²) in [6.07, 6.45) is 7.62. The Hall–Kier alpha value is -0.540. The van der Waals surface area contributed by atoms with Gasteiger partial charge in [0.25, 0.3) is 0 Å². The smallest absolute Gasteiger partial charge is 0.136 e. The number of nitrogens with zero attached hydrogens (tertiary/aromatic N) is 1. The zero-order valence-corrected chi connectivity index (χ0v) is 15.8. The van der Waals surface area contributed by atoms with Crippen LogP contribution in [0.25, 0.3) is 0 Å². The Morgan fingerprint density at radius 2 is 1.55 bits per heavy atom. The molecule has 0 amide bonds. The summed E-state index contributed by atoms with van der Waals surface area (Å²) >= 11 is 7.47. The van der Waals surface area contributed by atoms with Crippen molar-refractivity contribution < 1.29 is 0 Å². The van der Waals surface area contributed by atoms with Gasteiger partial charge in [-0.2, -0.15) is 0 Å². The van der Waals surface area contributed by atoms with Crippen molar-refractivity contribution in [3.05, 3.63) is 42.3 Å². The quantitative estimate of drug-likeness (QED) is 0.377. The van der Waals surface area contributed by atoms with E-state index >= 15 is 0 Å². The molecule has 1 radical (unpaired) electrons. The monoisotopic (exact) mass is 336 g/mol. The van der Waals surface area contributed by atoms with Gasteiger partial charge in [-0.3, -0.25) is 0 Å². The molecule has 1 nitrogen and oxygen atoms in total. The van der Waals surface area contributed by atoms with Crippen molar-refractivity contribution in [1.82, 2.24) is 4.90 Å². The Balaban J connectivity index is 2.44. The highest BCUT2D eigenvalue weighted by Crippen LogP contribution is 2.18. The van der Waals surface area contributed by atoms with Crippen LogP contribution in [-0.2, 0) is 5.75 Å². The Kier molecular flexibility index (Phi) is 10.6. The van der Waals surface area contributed by atoms with Gasteiger partial charge in [0.1, 0.15) is 4.32 Å². The number of unbranched alkanes of at least 4 members (excludes halogenated alkanes) is 4. The first kappa shape index (κ1) is 19.5. The second-order valence-electron chi connectivity index (χ2n) is 5.77. The molecule has 0 heterocycles. The summed E-state index contributed by atoms with van der Waals surface area (Å²) < 4.78 is 1.06. The summed E-state index contributed by atoms with van der Waals surface area (Å²) in [5.74, 6) is 0.956. The second kappa shape index (κ2) is 12.0. The van der Waals surface area contributed by atoms with Crippen LogP contribution >= 0.6 is 24.0 Å². The van der Waals surface area contributed by atoms with Crippen molar-refractivity contribution in [1.29, 1.82) is 0 Å². The number of hydrogen-bond donors (Lipinski definition) is 0. The minimum atomic E-state index is 0.956. The molecule has 0 aliphatic rings. The molecule has 0 atom stereocenters. The molecule has 1 aromatic rings. The average Bonchev–Trinajstić information content (AvgIpc) is 2.53. The number of thiocarbonyl (C=S) groups is 1. The van der Waals surface area contributed by atoms with E-state index in [0.29, 0.717) is 0 Å². The lowest BCUT2D eigenvalue weighted by Crippen LogP contribution is -2.29. The van der Waals surface area contributed by atoms with Gasteiger partial charge in [0.05, 0.1) is 0 Å². The van der Waals surface area contributed by atoms with Gasteiger partial charge in [-0.25, -0.2) is 0 Å². The van der Waals surface area contributed by atoms with Crippen molar-refractivity contribution in [2.24, 2.45) is 0 Å². The van der Waals surface area contributed by atoms with E-state index < -0.39 is 0 Å². The zero-order chi connectivity index (χ0) is 16.2. The molecule has 0 N–H and O–H groups in total. The molecule has 123 valence electrons. The van der Waals surface area contributed by atoms with E-state index in [1.807, 2.05) is 0 Å². The van der Waals surface area contributed by atoms with Crippen molar-refractivity contribution >= 4 is 28.3 Å². The van der Waals surface area contributed by atoms with Crippen LogP contribution in [0.4, 0.5) is 0 Å². The number of benzene rings is 1. The van der Waals surface area contributed by atoms with Crippen LogP contribution in [0, 0.1) is 6.92 Å². The first-order valence-corrected chi connectivity index (χ1v) is 9.89. The molecule has 1 aromatic carbocycles. The van der Waals surface area contributed by atoms with Gasteiger partial charge in [0, 0.05) is 18.8 Å². The van der Waals surface area contributed by atoms with Crippen LogP contribution in [-0.4, -0.2) is 22.3 Å². The fourth-order valence-electron chi connectivity index (χ4n) is 2.27. The number of rotatable bonds is 10. The summed E-state index contributed by atoms with van der Waals surface area (Å²) in [6.45, 7) is 10.7. The lowest BCUT2D eigenvalue weighted by Gasteiger charge is -2.25. The molecule has 0 saturated heterocycles. The van der Waals surface area contributed by atoms with Gasteiger partial charge in [0.15, 0.2) is 0 Å². The van der Waals surface area contributed by atoms with Crippen molar-refractivity contribution in [2.45, 2.75) is 58.1 Å². The number of thioether (sulfide) groups is 1. The molecule has 0 aliphatic heterocycles. The summed E-state index contributed by atoms with van der Waals surface area (Å²) in [5.41, 5.74) is 2.39. The SMILES string of the molecule is [CH2]c1ccc(CSC(=S)N(CCCCC)CCCCC)cc1. The van der Waals surface area contributed by atoms with Crippen LogP contribution in [0.5, 0.6) is 0 Å². The Bertz CT molecular complexity index is 404. The van der Waals surface area contributed by atoms with E-state index in [1.165, 1.54) is 44.1 Å². The first-order valence-electron chi connectivity index (χ1n) is 8.50. The minimum absolute atomic E-state index is 0.956. The molecular formula is C19H30NS2. The highest BCUT2D eigenvalue weighted by Gasteiger charge is 2.10. The summed E-state index contributed by atoms with van der Waals surface area (Å²) in [6, 6.07) is 8.44. The van der Waals surface area contributed by atoms with Crippen LogP contribution in [0.2, 0.25) is 0 Å². The average molecular weight is 337 g/mol. The van der Waals surface area contributed by atoms with Gasteiger partial charge in [0.2, 0.25) is 0 Å². The summed E-state index contributed by atoms with van der Waals surface area (Å²) in [5, 5.41) is 0. The molecule has 0 aliphatic carbocycles. The lowest BCUT2D eigenvalue weighted by atomic mass is 10.2. The van der Waals surface area contributed by atoms with E-state index in [2.05, 4.69) is 49.9 Å². The Morgan fingerprint density at radius 1 is 1.00 bits per heavy atom. The third-order valence-electron chi connectivity index (χ3n) is 3.71. The first-order chi connectivity index (χ1) is 10.7. The largest absolute Gasteiger partial charge is 0.358 e. The fraction of sp³-hybridized carbons (Fsp3) is 0.579. The van der Waals surface area contributed by atoms with Gasteiger partial charge in [-0.1, -0.05) is 87.8 Å². The van der Waals surface area contributed by atoms with E-state index in [-0.39, 0.29) is 0 Å². The van der Waals surface area contributed by atoms with Gasteiger partial charge < -0.3 is 4.90 Å². The zero-order valence-electron chi connectivity index (χ0n) is 14.1. The normalized spacial score (nSPS) is 10.7. The fourth-order valence-corrected chi connectivity index (χ4v) is 3.48. The Labute approximate surface area is 146 Å². The van der Waals surface area contributed by atoms with Crippen LogP contribution in [0.3, 0.4) is 0 Å². The van der Waals surface area contributed by atoms with E-state index in [1.54, 1.807) is 11.8 Å². The molecule has 0 aromatic heterocycles. The van der Waals surface area contributed by atoms with E-state index in [4.69, 9.17) is 12.2 Å². The van der Waals surface area contributed by atoms with Crippen LogP contribution < -0.4 is 0 Å².